The van der Waals surface area contributed by atoms with E-state index in [1.807, 2.05) is 13.8 Å². The van der Waals surface area contributed by atoms with Crippen LogP contribution in [0.5, 0.6) is 5.75 Å². The summed E-state index contributed by atoms with van der Waals surface area (Å²) in [6, 6.07) is 2.06. The van der Waals surface area contributed by atoms with Gasteiger partial charge in [-0.15, -0.1) is 0 Å². The second-order valence-corrected chi connectivity index (χ2v) is 6.22. The second kappa shape index (κ2) is 6.89. The summed E-state index contributed by atoms with van der Waals surface area (Å²) in [5.41, 5.74) is 4.00. The molecule has 126 valence electrons. The molecule has 0 N–H and O–H groups in total. The van der Waals surface area contributed by atoms with E-state index < -0.39 is 0 Å². The van der Waals surface area contributed by atoms with E-state index in [9.17, 15) is 0 Å². The highest BCUT2D eigenvalue weighted by molar-refractivity contribution is 5.82. The van der Waals surface area contributed by atoms with Gasteiger partial charge in [-0.05, 0) is 38.3 Å². The number of oxazole rings is 1. The molecule has 2 heterocycles. The standard InChI is InChI=1S/C18H26N2O3/c1-5-22-14-6-8-20(9-7-14)11-15-16(21-4)10-12(2)17-18(15)23-13(3)19-17/h10,14H,5-9,11H2,1-4H3. The molecule has 1 aromatic carbocycles. The number of aryl methyl sites for hydroxylation is 2. The number of methoxy groups -OCH3 is 1. The fraction of sp³-hybridized carbons (Fsp3) is 0.611. The highest BCUT2D eigenvalue weighted by Crippen LogP contribution is 2.33. The van der Waals surface area contributed by atoms with Crippen LogP contribution in [0.4, 0.5) is 0 Å². The van der Waals surface area contributed by atoms with Gasteiger partial charge in [0.15, 0.2) is 11.5 Å². The van der Waals surface area contributed by atoms with Crippen LogP contribution in [0.25, 0.3) is 11.1 Å². The number of ether oxygens (including phenoxy) is 2. The molecule has 5 heteroatoms. The van der Waals surface area contributed by atoms with E-state index in [0.717, 1.165) is 67.1 Å². The molecule has 1 fully saturated rings. The van der Waals surface area contributed by atoms with Crippen molar-refractivity contribution in [2.45, 2.75) is 46.3 Å². The Bertz CT molecular complexity index is 672. The first-order valence-corrected chi connectivity index (χ1v) is 8.40. The first-order valence-electron chi connectivity index (χ1n) is 8.40. The Balaban J connectivity index is 1.84. The molecule has 0 bridgehead atoms. The van der Waals surface area contributed by atoms with Gasteiger partial charge in [0.05, 0.1) is 18.8 Å². The third-order valence-electron chi connectivity index (χ3n) is 4.57. The summed E-state index contributed by atoms with van der Waals surface area (Å²) in [5.74, 6) is 1.59. The summed E-state index contributed by atoms with van der Waals surface area (Å²) >= 11 is 0. The van der Waals surface area contributed by atoms with E-state index in [0.29, 0.717) is 12.0 Å². The first-order chi connectivity index (χ1) is 11.1. The van der Waals surface area contributed by atoms with Crippen molar-refractivity contribution < 1.29 is 13.9 Å². The maximum Gasteiger partial charge on any atom is 0.192 e. The van der Waals surface area contributed by atoms with Crippen LogP contribution >= 0.6 is 0 Å². The highest BCUT2D eigenvalue weighted by Gasteiger charge is 2.23. The molecule has 23 heavy (non-hydrogen) atoms. The lowest BCUT2D eigenvalue weighted by Gasteiger charge is -2.32. The van der Waals surface area contributed by atoms with Crippen molar-refractivity contribution in [1.82, 2.24) is 9.88 Å². The van der Waals surface area contributed by atoms with E-state index in [4.69, 9.17) is 13.9 Å². The third-order valence-corrected chi connectivity index (χ3v) is 4.57. The van der Waals surface area contributed by atoms with Crippen molar-refractivity contribution in [3.63, 3.8) is 0 Å². The molecule has 2 aromatic rings. The van der Waals surface area contributed by atoms with Gasteiger partial charge in [-0.1, -0.05) is 0 Å². The number of benzene rings is 1. The molecule has 0 spiro atoms. The van der Waals surface area contributed by atoms with Gasteiger partial charge in [0.1, 0.15) is 11.3 Å². The number of rotatable bonds is 5. The zero-order chi connectivity index (χ0) is 16.4. The lowest BCUT2D eigenvalue weighted by atomic mass is 10.0. The molecular weight excluding hydrogens is 292 g/mol. The topological polar surface area (TPSA) is 47.7 Å². The Hall–Kier alpha value is -1.59. The van der Waals surface area contributed by atoms with Crippen LogP contribution in [0.1, 0.15) is 36.8 Å². The summed E-state index contributed by atoms with van der Waals surface area (Å²) in [5, 5.41) is 0. The number of hydrogen-bond donors (Lipinski definition) is 0. The molecule has 5 nitrogen and oxygen atoms in total. The number of piperidine rings is 1. The average Bonchev–Trinajstić information content (AvgIpc) is 2.94. The molecule has 0 unspecified atom stereocenters. The van der Waals surface area contributed by atoms with E-state index >= 15 is 0 Å². The van der Waals surface area contributed by atoms with Crippen molar-refractivity contribution in [3.05, 3.63) is 23.1 Å². The van der Waals surface area contributed by atoms with Gasteiger partial charge in [-0.2, -0.15) is 0 Å². The van der Waals surface area contributed by atoms with Crippen LogP contribution in [0.2, 0.25) is 0 Å². The monoisotopic (exact) mass is 318 g/mol. The Labute approximate surface area is 137 Å². The van der Waals surface area contributed by atoms with Crippen LogP contribution in [0.15, 0.2) is 10.5 Å². The summed E-state index contributed by atoms with van der Waals surface area (Å²) < 4.78 is 17.2. The molecule has 1 aliphatic heterocycles. The maximum absolute atomic E-state index is 5.88. The van der Waals surface area contributed by atoms with Crippen molar-refractivity contribution in [2.24, 2.45) is 0 Å². The third kappa shape index (κ3) is 3.35. The molecule has 0 amide bonds. The van der Waals surface area contributed by atoms with Gasteiger partial charge in [-0.25, -0.2) is 4.98 Å². The van der Waals surface area contributed by atoms with Gasteiger partial charge in [0, 0.05) is 33.2 Å². The molecule has 0 aliphatic carbocycles. The van der Waals surface area contributed by atoms with E-state index in [2.05, 4.69) is 22.9 Å². The zero-order valence-corrected chi connectivity index (χ0v) is 14.5. The molecule has 0 atom stereocenters. The predicted octanol–water partition coefficient (Wildman–Crippen LogP) is 3.45. The fourth-order valence-electron chi connectivity index (χ4n) is 3.39. The minimum absolute atomic E-state index is 0.406. The van der Waals surface area contributed by atoms with E-state index in [-0.39, 0.29) is 0 Å². The van der Waals surface area contributed by atoms with E-state index in [1.54, 1.807) is 7.11 Å². The largest absolute Gasteiger partial charge is 0.496 e. The van der Waals surface area contributed by atoms with Crippen LogP contribution in [0.3, 0.4) is 0 Å². The Morgan fingerprint density at radius 2 is 2.04 bits per heavy atom. The number of aromatic nitrogens is 1. The average molecular weight is 318 g/mol. The molecule has 1 saturated heterocycles. The number of fused-ring (bicyclic) bond motifs is 1. The van der Waals surface area contributed by atoms with Crippen LogP contribution in [-0.4, -0.2) is 42.8 Å². The molecule has 0 saturated carbocycles. The fourth-order valence-corrected chi connectivity index (χ4v) is 3.39. The van der Waals surface area contributed by atoms with Gasteiger partial charge in [0.25, 0.3) is 0 Å². The van der Waals surface area contributed by atoms with Crippen molar-refractivity contribution in [2.75, 3.05) is 26.8 Å². The summed E-state index contributed by atoms with van der Waals surface area (Å²) in [6.45, 7) is 9.70. The van der Waals surface area contributed by atoms with Crippen molar-refractivity contribution in [1.29, 1.82) is 0 Å². The molecule has 1 aromatic heterocycles. The van der Waals surface area contributed by atoms with Crippen LogP contribution < -0.4 is 4.74 Å². The zero-order valence-electron chi connectivity index (χ0n) is 14.5. The molecule has 3 rings (SSSR count). The Morgan fingerprint density at radius 3 is 2.70 bits per heavy atom. The summed E-state index contributed by atoms with van der Waals surface area (Å²) in [7, 11) is 1.72. The molecule has 0 radical (unpaired) electrons. The minimum atomic E-state index is 0.406. The quantitative estimate of drug-likeness (QED) is 0.845. The Morgan fingerprint density at radius 1 is 1.30 bits per heavy atom. The SMILES string of the molecule is CCOC1CCN(Cc2c(OC)cc(C)c3nc(C)oc23)CC1. The van der Waals surface area contributed by atoms with Crippen molar-refractivity contribution in [3.8, 4) is 5.75 Å². The maximum atomic E-state index is 5.88. The van der Waals surface area contributed by atoms with Crippen LogP contribution in [0, 0.1) is 13.8 Å². The predicted molar refractivity (Wildman–Crippen MR) is 90.0 cm³/mol. The van der Waals surface area contributed by atoms with Gasteiger partial charge in [0.2, 0.25) is 0 Å². The van der Waals surface area contributed by atoms with Gasteiger partial charge >= 0.3 is 0 Å². The lowest BCUT2D eigenvalue weighted by Crippen LogP contribution is -2.36. The van der Waals surface area contributed by atoms with Gasteiger partial charge < -0.3 is 13.9 Å². The number of hydrogen-bond acceptors (Lipinski definition) is 5. The minimum Gasteiger partial charge on any atom is -0.496 e. The van der Waals surface area contributed by atoms with Crippen molar-refractivity contribution >= 4 is 11.1 Å². The normalized spacial score (nSPS) is 17.0. The summed E-state index contributed by atoms with van der Waals surface area (Å²) in [4.78, 5) is 6.96. The number of nitrogens with zero attached hydrogens (tertiary/aromatic N) is 2. The smallest absolute Gasteiger partial charge is 0.192 e. The Kier molecular flexibility index (Phi) is 4.87. The summed E-state index contributed by atoms with van der Waals surface area (Å²) in [6.07, 6.45) is 2.57. The lowest BCUT2D eigenvalue weighted by molar-refractivity contribution is 0.0124. The second-order valence-electron chi connectivity index (χ2n) is 6.22. The highest BCUT2D eigenvalue weighted by atomic mass is 16.5. The first kappa shape index (κ1) is 16.3. The van der Waals surface area contributed by atoms with Gasteiger partial charge in [-0.3, -0.25) is 4.90 Å². The molecular formula is C18H26N2O3. The number of likely N-dealkylation sites (tertiary alicyclic amines) is 1. The van der Waals surface area contributed by atoms with E-state index in [1.165, 1.54) is 0 Å². The van der Waals surface area contributed by atoms with Crippen LogP contribution in [-0.2, 0) is 11.3 Å². The molecule has 1 aliphatic rings.